The number of H-pyrrole nitrogens is 1. The predicted octanol–water partition coefficient (Wildman–Crippen LogP) is 1.70. The summed E-state index contributed by atoms with van der Waals surface area (Å²) in [7, 11) is 0. The molecule has 0 atom stereocenters. The van der Waals surface area contributed by atoms with Crippen LogP contribution in [-0.2, 0) is 11.2 Å². The first-order valence-electron chi connectivity index (χ1n) is 3.83. The van der Waals surface area contributed by atoms with E-state index in [9.17, 15) is 18.4 Å². The highest BCUT2D eigenvalue weighted by Crippen LogP contribution is 2.26. The molecule has 15 heavy (non-hydrogen) atoms. The molecule has 0 aliphatic rings. The number of alkyl halides is 2. The Hall–Kier alpha value is -1.24. The highest BCUT2D eigenvalue weighted by atomic mass is 79.9. The lowest BCUT2D eigenvalue weighted by Gasteiger charge is -2.06. The third kappa shape index (κ3) is 2.62. The van der Waals surface area contributed by atoms with Gasteiger partial charge in [-0.2, -0.15) is 0 Å². The normalized spacial score (nSPS) is 10.7. The van der Waals surface area contributed by atoms with Gasteiger partial charge in [-0.15, -0.1) is 0 Å². The average molecular weight is 282 g/mol. The minimum Gasteiger partial charge on any atom is -0.481 e. The van der Waals surface area contributed by atoms with Crippen LogP contribution in [0.4, 0.5) is 8.78 Å². The molecule has 4 nitrogen and oxygen atoms in total. The summed E-state index contributed by atoms with van der Waals surface area (Å²) in [6.45, 7) is 0. The van der Waals surface area contributed by atoms with Gasteiger partial charge in [-0.1, -0.05) is 0 Å². The van der Waals surface area contributed by atoms with Crippen molar-refractivity contribution in [3.05, 3.63) is 32.2 Å². The van der Waals surface area contributed by atoms with E-state index in [1.165, 1.54) is 0 Å². The van der Waals surface area contributed by atoms with Gasteiger partial charge in [0.1, 0.15) is 0 Å². The second-order valence-electron chi connectivity index (χ2n) is 2.74. The fourth-order valence-electron chi connectivity index (χ4n) is 1.05. The molecular formula is C8H6BrF2NO3. The highest BCUT2D eigenvalue weighted by Gasteiger charge is 2.19. The van der Waals surface area contributed by atoms with Gasteiger partial charge in [0.05, 0.1) is 12.0 Å². The number of pyridine rings is 1. The Balaban J connectivity index is 3.28. The van der Waals surface area contributed by atoms with Crippen LogP contribution in [0.5, 0.6) is 0 Å². The third-order valence-corrected chi connectivity index (χ3v) is 2.64. The fraction of sp³-hybridized carbons (Fsp3) is 0.250. The number of aromatic amines is 1. The Morgan fingerprint density at radius 2 is 2.20 bits per heavy atom. The zero-order chi connectivity index (χ0) is 11.6. The summed E-state index contributed by atoms with van der Waals surface area (Å²) in [5.74, 6) is -1.16. The topological polar surface area (TPSA) is 70.2 Å². The van der Waals surface area contributed by atoms with Gasteiger partial charge in [-0.05, 0) is 21.5 Å². The van der Waals surface area contributed by atoms with Crippen molar-refractivity contribution in [3.63, 3.8) is 0 Å². The maximum atomic E-state index is 12.4. The van der Waals surface area contributed by atoms with E-state index in [2.05, 4.69) is 20.9 Å². The largest absolute Gasteiger partial charge is 0.481 e. The van der Waals surface area contributed by atoms with E-state index in [-0.39, 0.29) is 10.0 Å². The Bertz CT molecular complexity index is 444. The molecule has 0 saturated carbocycles. The molecule has 0 saturated heterocycles. The lowest BCUT2D eigenvalue weighted by atomic mass is 10.1. The number of rotatable bonds is 3. The van der Waals surface area contributed by atoms with Crippen molar-refractivity contribution in [2.45, 2.75) is 12.8 Å². The molecule has 0 aliphatic carbocycles. The van der Waals surface area contributed by atoms with Crippen LogP contribution < -0.4 is 5.56 Å². The van der Waals surface area contributed by atoms with Crippen LogP contribution in [0.2, 0.25) is 0 Å². The van der Waals surface area contributed by atoms with Crippen LogP contribution in [0.3, 0.4) is 0 Å². The molecule has 0 aromatic carbocycles. The number of aromatic nitrogens is 1. The minimum absolute atomic E-state index is 0.109. The van der Waals surface area contributed by atoms with Crippen LogP contribution in [0, 0.1) is 0 Å². The van der Waals surface area contributed by atoms with E-state index in [1.54, 1.807) is 0 Å². The second kappa shape index (κ2) is 4.52. The molecule has 82 valence electrons. The van der Waals surface area contributed by atoms with E-state index >= 15 is 0 Å². The lowest BCUT2D eigenvalue weighted by molar-refractivity contribution is -0.136. The molecule has 1 rings (SSSR count). The fourth-order valence-corrected chi connectivity index (χ4v) is 1.66. The van der Waals surface area contributed by atoms with Gasteiger partial charge in [0.15, 0.2) is 0 Å². The lowest BCUT2D eigenvalue weighted by Crippen LogP contribution is -2.16. The molecule has 1 heterocycles. The van der Waals surface area contributed by atoms with Crippen molar-refractivity contribution in [1.29, 1.82) is 0 Å². The molecule has 0 amide bonds. The van der Waals surface area contributed by atoms with Gasteiger partial charge in [0, 0.05) is 10.7 Å². The number of carboxylic acid groups (broad SMARTS) is 1. The molecule has 0 spiro atoms. The molecule has 1 aromatic rings. The number of carbonyl (C=O) groups is 1. The number of nitrogens with one attached hydrogen (secondary N) is 1. The first-order valence-corrected chi connectivity index (χ1v) is 4.62. The first-order chi connectivity index (χ1) is 6.93. The third-order valence-electron chi connectivity index (χ3n) is 1.70. The maximum Gasteiger partial charge on any atom is 0.307 e. The number of halogens is 3. The van der Waals surface area contributed by atoms with Crippen molar-refractivity contribution in [2.75, 3.05) is 0 Å². The molecule has 0 aliphatic heterocycles. The van der Waals surface area contributed by atoms with Crippen LogP contribution in [0.15, 0.2) is 15.5 Å². The van der Waals surface area contributed by atoms with Gasteiger partial charge < -0.3 is 10.1 Å². The number of hydrogen-bond donors (Lipinski definition) is 2. The molecule has 7 heteroatoms. The number of aliphatic carboxylic acids is 1. The van der Waals surface area contributed by atoms with Crippen molar-refractivity contribution in [1.82, 2.24) is 4.98 Å². The van der Waals surface area contributed by atoms with Crippen LogP contribution in [-0.4, -0.2) is 16.1 Å². The Labute approximate surface area is 91.1 Å². The standard InChI is InChI=1S/C8H6BrF2NO3/c9-6-3(1-4(13)14)2-12-8(15)5(6)7(10)11/h2,7H,1H2,(H,12,15)(H,13,14). The molecule has 0 fully saturated rings. The van der Waals surface area contributed by atoms with E-state index < -0.39 is 29.9 Å². The monoisotopic (exact) mass is 281 g/mol. The average Bonchev–Trinajstić information content (AvgIpc) is 2.09. The Morgan fingerprint density at radius 3 is 2.67 bits per heavy atom. The van der Waals surface area contributed by atoms with Crippen molar-refractivity contribution >= 4 is 21.9 Å². The van der Waals surface area contributed by atoms with Crippen molar-refractivity contribution in [2.24, 2.45) is 0 Å². The minimum atomic E-state index is -2.95. The summed E-state index contributed by atoms with van der Waals surface area (Å²) >= 11 is 2.80. The van der Waals surface area contributed by atoms with E-state index in [1.807, 2.05) is 0 Å². The van der Waals surface area contributed by atoms with E-state index in [0.717, 1.165) is 6.20 Å². The van der Waals surface area contributed by atoms with Crippen LogP contribution >= 0.6 is 15.9 Å². The molecule has 0 unspecified atom stereocenters. The smallest absolute Gasteiger partial charge is 0.307 e. The van der Waals surface area contributed by atoms with Crippen LogP contribution in [0.1, 0.15) is 17.6 Å². The van der Waals surface area contributed by atoms with Gasteiger partial charge in [0.25, 0.3) is 12.0 Å². The summed E-state index contributed by atoms with van der Waals surface area (Å²) in [6, 6.07) is 0. The SMILES string of the molecule is O=C(O)Cc1c[nH]c(=O)c(C(F)F)c1Br. The van der Waals surface area contributed by atoms with E-state index in [4.69, 9.17) is 5.11 Å². The number of hydrogen-bond acceptors (Lipinski definition) is 2. The molecule has 1 aromatic heterocycles. The summed E-state index contributed by atoms with van der Waals surface area (Å²) < 4.78 is 24.7. The Morgan fingerprint density at radius 1 is 1.60 bits per heavy atom. The molecule has 2 N–H and O–H groups in total. The highest BCUT2D eigenvalue weighted by molar-refractivity contribution is 9.10. The van der Waals surface area contributed by atoms with E-state index in [0.29, 0.717) is 0 Å². The maximum absolute atomic E-state index is 12.4. The summed E-state index contributed by atoms with van der Waals surface area (Å²) in [4.78, 5) is 23.5. The van der Waals surface area contributed by atoms with Gasteiger partial charge in [-0.3, -0.25) is 9.59 Å². The van der Waals surface area contributed by atoms with Crippen molar-refractivity contribution < 1.29 is 18.7 Å². The second-order valence-corrected chi connectivity index (χ2v) is 3.53. The number of carboxylic acids is 1. The predicted molar refractivity (Wildman–Crippen MR) is 51.1 cm³/mol. The molecular weight excluding hydrogens is 276 g/mol. The van der Waals surface area contributed by atoms with Gasteiger partial charge >= 0.3 is 5.97 Å². The molecule has 0 bridgehead atoms. The zero-order valence-electron chi connectivity index (χ0n) is 7.26. The van der Waals surface area contributed by atoms with Gasteiger partial charge in [0.2, 0.25) is 0 Å². The summed E-state index contributed by atoms with van der Waals surface area (Å²) in [5.41, 5.74) is -1.56. The summed E-state index contributed by atoms with van der Waals surface area (Å²) in [6.07, 6.45) is -2.28. The van der Waals surface area contributed by atoms with Crippen molar-refractivity contribution in [3.8, 4) is 0 Å². The Kier molecular flexibility index (Phi) is 3.57. The zero-order valence-corrected chi connectivity index (χ0v) is 8.85. The molecule has 0 radical (unpaired) electrons. The van der Waals surface area contributed by atoms with Gasteiger partial charge in [-0.25, -0.2) is 8.78 Å². The van der Waals surface area contributed by atoms with Crippen LogP contribution in [0.25, 0.3) is 0 Å². The summed E-state index contributed by atoms with van der Waals surface area (Å²) in [5, 5.41) is 8.49. The quantitative estimate of drug-likeness (QED) is 0.886. The first kappa shape index (κ1) is 11.8.